The molecule has 2 fully saturated rings. The van der Waals surface area contributed by atoms with E-state index in [4.69, 9.17) is 22.7 Å². The summed E-state index contributed by atoms with van der Waals surface area (Å²) in [5.41, 5.74) is 5.44. The summed E-state index contributed by atoms with van der Waals surface area (Å²) in [4.78, 5) is 15.7. The number of morpholine rings is 1. The third-order valence-corrected chi connectivity index (χ3v) is 5.43. The van der Waals surface area contributed by atoms with Crippen LogP contribution in [0.5, 0.6) is 0 Å². The topological polar surface area (TPSA) is 55.6 Å². The van der Waals surface area contributed by atoms with Gasteiger partial charge in [0, 0.05) is 6.54 Å². The number of hydrogen-bond donors (Lipinski definition) is 1. The zero-order chi connectivity index (χ0) is 15.5. The van der Waals surface area contributed by atoms with E-state index in [2.05, 4.69) is 6.92 Å². The number of amides is 1. The Hall–Kier alpha value is -0.680. The van der Waals surface area contributed by atoms with Gasteiger partial charge in [-0.3, -0.25) is 4.79 Å². The average Bonchev–Trinajstić information content (AvgIpc) is 2.73. The lowest BCUT2D eigenvalue weighted by molar-refractivity contribution is -0.152. The fraction of sp³-hybridized carbons (Fsp3) is 0.875. The summed E-state index contributed by atoms with van der Waals surface area (Å²) in [6.45, 7) is 5.40. The molecule has 2 aliphatic rings. The van der Waals surface area contributed by atoms with Gasteiger partial charge >= 0.3 is 0 Å². The summed E-state index contributed by atoms with van der Waals surface area (Å²) in [5.74, 6) is 0.152. The summed E-state index contributed by atoms with van der Waals surface area (Å²) in [5, 5.41) is 0. The maximum absolute atomic E-state index is 13.3. The molecule has 1 aliphatic carbocycles. The predicted octanol–water partition coefficient (Wildman–Crippen LogP) is 2.64. The number of carbonyl (C=O) groups is 1. The lowest BCUT2D eigenvalue weighted by Crippen LogP contribution is -2.58. The summed E-state index contributed by atoms with van der Waals surface area (Å²) < 4.78 is 5.71. The predicted molar refractivity (Wildman–Crippen MR) is 88.1 cm³/mol. The van der Waals surface area contributed by atoms with E-state index < -0.39 is 5.41 Å². The second-order valence-corrected chi connectivity index (χ2v) is 6.96. The van der Waals surface area contributed by atoms with Crippen LogP contribution in [0.4, 0.5) is 0 Å². The molecule has 0 aromatic heterocycles. The van der Waals surface area contributed by atoms with Crippen LogP contribution in [0.25, 0.3) is 0 Å². The Labute approximate surface area is 133 Å². The van der Waals surface area contributed by atoms with Crippen molar-refractivity contribution in [3.8, 4) is 0 Å². The van der Waals surface area contributed by atoms with E-state index in [0.29, 0.717) is 18.1 Å². The molecule has 2 atom stereocenters. The normalized spacial score (nSPS) is 29.7. The minimum absolute atomic E-state index is 0.0888. The summed E-state index contributed by atoms with van der Waals surface area (Å²) in [6.07, 6.45) is 7.05. The van der Waals surface area contributed by atoms with Crippen LogP contribution < -0.4 is 5.73 Å². The van der Waals surface area contributed by atoms with Crippen molar-refractivity contribution in [3.05, 3.63) is 0 Å². The minimum atomic E-state index is -0.615. The number of rotatable bonds is 3. The highest BCUT2D eigenvalue weighted by Gasteiger charge is 2.46. The molecule has 1 aliphatic heterocycles. The van der Waals surface area contributed by atoms with Crippen molar-refractivity contribution >= 4 is 23.1 Å². The Morgan fingerprint density at radius 2 is 1.95 bits per heavy atom. The molecule has 0 aromatic carbocycles. The Kier molecular flexibility index (Phi) is 5.60. The number of carbonyl (C=O) groups excluding carboxylic acids is 1. The molecular weight excluding hydrogens is 284 g/mol. The average molecular weight is 312 g/mol. The Morgan fingerprint density at radius 3 is 2.48 bits per heavy atom. The molecule has 1 saturated heterocycles. The fourth-order valence-corrected chi connectivity index (χ4v) is 3.90. The molecule has 4 nitrogen and oxygen atoms in total. The van der Waals surface area contributed by atoms with Crippen LogP contribution in [0, 0.1) is 5.41 Å². The van der Waals surface area contributed by atoms with Gasteiger partial charge in [0.1, 0.15) is 0 Å². The highest BCUT2D eigenvalue weighted by molar-refractivity contribution is 7.80. The Bertz CT molecular complexity index is 392. The van der Waals surface area contributed by atoms with Crippen molar-refractivity contribution in [1.82, 2.24) is 4.90 Å². The highest BCUT2D eigenvalue weighted by Crippen LogP contribution is 2.38. The second-order valence-electron chi connectivity index (χ2n) is 6.52. The largest absolute Gasteiger partial charge is 0.392 e. The van der Waals surface area contributed by atoms with Gasteiger partial charge in [-0.15, -0.1) is 0 Å². The first-order valence-electron chi connectivity index (χ1n) is 8.24. The molecule has 1 heterocycles. The van der Waals surface area contributed by atoms with Crippen molar-refractivity contribution in [2.75, 3.05) is 13.2 Å². The SMILES string of the molecule is CCC1COC(C)CN1C(=O)C1(C(N)=S)CCCCCC1. The smallest absolute Gasteiger partial charge is 0.236 e. The van der Waals surface area contributed by atoms with E-state index >= 15 is 0 Å². The summed E-state index contributed by atoms with van der Waals surface area (Å²) >= 11 is 5.34. The van der Waals surface area contributed by atoms with Crippen LogP contribution in [0.2, 0.25) is 0 Å². The van der Waals surface area contributed by atoms with Crippen LogP contribution in [-0.2, 0) is 9.53 Å². The van der Waals surface area contributed by atoms with Crippen LogP contribution in [0.15, 0.2) is 0 Å². The van der Waals surface area contributed by atoms with Crippen LogP contribution in [0.3, 0.4) is 0 Å². The molecule has 2 unspecified atom stereocenters. The maximum atomic E-state index is 13.3. The summed E-state index contributed by atoms with van der Waals surface area (Å²) in [6, 6.07) is 0.156. The van der Waals surface area contributed by atoms with E-state index in [9.17, 15) is 4.79 Å². The van der Waals surface area contributed by atoms with E-state index in [0.717, 1.165) is 32.1 Å². The number of ether oxygens (including phenoxy) is 1. The Balaban J connectivity index is 2.25. The molecule has 2 N–H and O–H groups in total. The van der Waals surface area contributed by atoms with Crippen LogP contribution in [-0.4, -0.2) is 41.1 Å². The molecule has 1 amide bonds. The van der Waals surface area contributed by atoms with Gasteiger partial charge in [0.15, 0.2) is 0 Å². The molecule has 5 heteroatoms. The number of hydrogen-bond acceptors (Lipinski definition) is 3. The second kappa shape index (κ2) is 7.05. The van der Waals surface area contributed by atoms with Gasteiger partial charge in [0.25, 0.3) is 0 Å². The fourth-order valence-electron chi connectivity index (χ4n) is 3.60. The Morgan fingerprint density at radius 1 is 1.33 bits per heavy atom. The van der Waals surface area contributed by atoms with Gasteiger partial charge in [-0.1, -0.05) is 44.8 Å². The lowest BCUT2D eigenvalue weighted by atomic mass is 9.78. The first kappa shape index (κ1) is 16.7. The zero-order valence-corrected chi connectivity index (χ0v) is 14.1. The quantitative estimate of drug-likeness (QED) is 0.643. The van der Waals surface area contributed by atoms with E-state index in [1.54, 1.807) is 0 Å². The van der Waals surface area contributed by atoms with Gasteiger partial charge in [0.2, 0.25) is 5.91 Å². The number of thiocarbonyl (C=S) groups is 1. The van der Waals surface area contributed by atoms with E-state index in [1.165, 1.54) is 12.8 Å². The molecular formula is C16H28N2O2S. The molecule has 1 saturated carbocycles. The van der Waals surface area contributed by atoms with Crippen LogP contribution in [0.1, 0.15) is 58.8 Å². The van der Waals surface area contributed by atoms with Crippen molar-refractivity contribution < 1.29 is 9.53 Å². The van der Waals surface area contributed by atoms with Gasteiger partial charge in [-0.25, -0.2) is 0 Å². The van der Waals surface area contributed by atoms with Crippen LogP contribution >= 0.6 is 12.2 Å². The molecule has 0 bridgehead atoms. The maximum Gasteiger partial charge on any atom is 0.236 e. The van der Waals surface area contributed by atoms with E-state index in [1.807, 2.05) is 11.8 Å². The first-order chi connectivity index (χ1) is 10.0. The lowest BCUT2D eigenvalue weighted by Gasteiger charge is -2.43. The van der Waals surface area contributed by atoms with Gasteiger partial charge < -0.3 is 15.4 Å². The third-order valence-electron chi connectivity index (χ3n) is 5.04. The van der Waals surface area contributed by atoms with Crippen molar-refractivity contribution in [2.45, 2.75) is 70.9 Å². The van der Waals surface area contributed by atoms with E-state index in [-0.39, 0.29) is 18.1 Å². The molecule has 2 rings (SSSR count). The first-order valence-corrected chi connectivity index (χ1v) is 8.64. The molecule has 120 valence electrons. The molecule has 0 radical (unpaired) electrons. The monoisotopic (exact) mass is 312 g/mol. The highest BCUT2D eigenvalue weighted by atomic mass is 32.1. The minimum Gasteiger partial charge on any atom is -0.392 e. The zero-order valence-electron chi connectivity index (χ0n) is 13.3. The van der Waals surface area contributed by atoms with Gasteiger partial charge in [-0.05, 0) is 26.2 Å². The molecule has 0 spiro atoms. The van der Waals surface area contributed by atoms with Crippen molar-refractivity contribution in [1.29, 1.82) is 0 Å². The van der Waals surface area contributed by atoms with Gasteiger partial charge in [0.05, 0.1) is 29.2 Å². The number of nitrogens with zero attached hydrogens (tertiary/aromatic N) is 1. The standard InChI is InChI=1S/C16H28N2O2S/c1-3-13-11-20-12(2)10-18(13)15(19)16(14(17)21)8-6-4-5-7-9-16/h12-13H,3-11H2,1-2H3,(H2,17,21). The van der Waals surface area contributed by atoms with Crippen molar-refractivity contribution in [3.63, 3.8) is 0 Å². The molecule has 21 heavy (non-hydrogen) atoms. The molecule has 0 aromatic rings. The summed E-state index contributed by atoms with van der Waals surface area (Å²) in [7, 11) is 0. The van der Waals surface area contributed by atoms with Gasteiger partial charge in [-0.2, -0.15) is 0 Å². The number of nitrogens with two attached hydrogens (primary N) is 1. The van der Waals surface area contributed by atoms with Crippen molar-refractivity contribution in [2.24, 2.45) is 11.1 Å². The third kappa shape index (κ3) is 3.39.